The van der Waals surface area contributed by atoms with Gasteiger partial charge in [0.25, 0.3) is 0 Å². The molecule has 1 aliphatic rings. The van der Waals surface area contributed by atoms with Crippen molar-refractivity contribution in [3.8, 4) is 11.5 Å². The fourth-order valence-electron chi connectivity index (χ4n) is 3.37. The Balaban J connectivity index is 1.38. The van der Waals surface area contributed by atoms with Gasteiger partial charge < -0.3 is 20.1 Å². The lowest BCUT2D eigenvalue weighted by Gasteiger charge is -2.19. The van der Waals surface area contributed by atoms with Crippen LogP contribution in [0.1, 0.15) is 22.5 Å². The van der Waals surface area contributed by atoms with E-state index in [9.17, 15) is 4.79 Å². The molecule has 2 N–H and O–H groups in total. The fraction of sp³-hybridized carbons (Fsp3) is 0.273. The molecule has 0 unspecified atom stereocenters. The lowest BCUT2D eigenvalue weighted by atomic mass is 10.2. The summed E-state index contributed by atoms with van der Waals surface area (Å²) in [6, 6.07) is 15.3. The molecule has 29 heavy (non-hydrogen) atoms. The Morgan fingerprint density at radius 3 is 2.62 bits per heavy atom. The predicted octanol–water partition coefficient (Wildman–Crippen LogP) is 3.64. The number of nitrogens with zero attached hydrogens (tertiary/aromatic N) is 2. The maximum absolute atomic E-state index is 12.4. The van der Waals surface area contributed by atoms with Crippen LogP contribution in [0.4, 0.5) is 10.5 Å². The van der Waals surface area contributed by atoms with Gasteiger partial charge in [0, 0.05) is 29.6 Å². The van der Waals surface area contributed by atoms with E-state index in [0.29, 0.717) is 43.5 Å². The first-order valence-corrected chi connectivity index (χ1v) is 9.61. The molecule has 2 amide bonds. The van der Waals surface area contributed by atoms with Crippen molar-refractivity contribution in [1.82, 2.24) is 15.1 Å². The molecule has 7 heteroatoms. The minimum absolute atomic E-state index is 0.281. The van der Waals surface area contributed by atoms with Gasteiger partial charge in [0.1, 0.15) is 13.2 Å². The van der Waals surface area contributed by atoms with Crippen molar-refractivity contribution in [2.24, 2.45) is 0 Å². The van der Waals surface area contributed by atoms with Crippen molar-refractivity contribution in [1.29, 1.82) is 0 Å². The average molecular weight is 392 g/mol. The molecule has 0 bridgehead atoms. The maximum Gasteiger partial charge on any atom is 0.319 e. The largest absolute Gasteiger partial charge is 0.486 e. The maximum atomic E-state index is 12.4. The summed E-state index contributed by atoms with van der Waals surface area (Å²) in [5, 5.41) is 10.4. The Morgan fingerprint density at radius 1 is 1.07 bits per heavy atom. The highest BCUT2D eigenvalue weighted by molar-refractivity contribution is 5.89. The lowest BCUT2D eigenvalue weighted by Crippen LogP contribution is -2.28. The van der Waals surface area contributed by atoms with E-state index in [0.717, 1.165) is 17.0 Å². The van der Waals surface area contributed by atoms with Crippen LogP contribution in [0, 0.1) is 13.8 Å². The minimum atomic E-state index is -0.281. The van der Waals surface area contributed by atoms with E-state index in [1.165, 1.54) is 5.56 Å². The first-order chi connectivity index (χ1) is 14.1. The molecule has 0 saturated carbocycles. The Hall–Kier alpha value is -3.48. The molecule has 4 rings (SSSR count). The minimum Gasteiger partial charge on any atom is -0.486 e. The zero-order valence-corrected chi connectivity index (χ0v) is 16.6. The second-order valence-corrected chi connectivity index (χ2v) is 6.96. The van der Waals surface area contributed by atoms with Gasteiger partial charge in [-0.15, -0.1) is 0 Å². The van der Waals surface area contributed by atoms with Crippen molar-refractivity contribution in [3.63, 3.8) is 0 Å². The highest BCUT2D eigenvalue weighted by atomic mass is 16.6. The molecular weight excluding hydrogens is 368 g/mol. The summed E-state index contributed by atoms with van der Waals surface area (Å²) in [7, 11) is 0. The average Bonchev–Trinajstić information content (AvgIpc) is 2.99. The first-order valence-electron chi connectivity index (χ1n) is 9.61. The van der Waals surface area contributed by atoms with Crippen LogP contribution in [0.25, 0.3) is 0 Å². The number of carbonyl (C=O) groups excluding carboxylic acids is 1. The predicted molar refractivity (Wildman–Crippen MR) is 111 cm³/mol. The van der Waals surface area contributed by atoms with Crippen LogP contribution in [0.5, 0.6) is 11.5 Å². The van der Waals surface area contributed by atoms with Gasteiger partial charge in [0.2, 0.25) is 0 Å². The number of aryl methyl sites for hydroxylation is 1. The van der Waals surface area contributed by atoms with Gasteiger partial charge in [0.15, 0.2) is 11.5 Å². The highest BCUT2D eigenvalue weighted by Gasteiger charge is 2.15. The summed E-state index contributed by atoms with van der Waals surface area (Å²) in [6.07, 6.45) is 0. The molecule has 2 heterocycles. The van der Waals surface area contributed by atoms with Crippen LogP contribution in [0.15, 0.2) is 48.5 Å². The van der Waals surface area contributed by atoms with Crippen LogP contribution < -0.4 is 20.1 Å². The number of hydrogen-bond acceptors (Lipinski definition) is 4. The number of benzene rings is 2. The van der Waals surface area contributed by atoms with Gasteiger partial charge >= 0.3 is 6.03 Å². The van der Waals surface area contributed by atoms with Crippen LogP contribution in [0.2, 0.25) is 0 Å². The molecule has 0 atom stereocenters. The van der Waals surface area contributed by atoms with Gasteiger partial charge in [-0.3, -0.25) is 4.68 Å². The number of nitrogens with one attached hydrogen (secondary N) is 2. The molecular formula is C22H24N4O3. The molecule has 1 aromatic heterocycles. The summed E-state index contributed by atoms with van der Waals surface area (Å²) in [5.41, 5.74) is 4.83. The second-order valence-electron chi connectivity index (χ2n) is 6.96. The molecule has 0 spiro atoms. The fourth-order valence-corrected chi connectivity index (χ4v) is 3.37. The first kappa shape index (κ1) is 18.9. The molecule has 2 aromatic carbocycles. The number of carbonyl (C=O) groups is 1. The van der Waals surface area contributed by atoms with Gasteiger partial charge in [-0.25, -0.2) is 4.79 Å². The summed E-state index contributed by atoms with van der Waals surface area (Å²) < 4.78 is 13.0. The monoisotopic (exact) mass is 392 g/mol. The number of aromatic nitrogens is 2. The molecule has 150 valence electrons. The topological polar surface area (TPSA) is 77.4 Å². The van der Waals surface area contributed by atoms with Crippen molar-refractivity contribution < 1.29 is 14.3 Å². The molecule has 1 aliphatic heterocycles. The van der Waals surface area contributed by atoms with E-state index in [4.69, 9.17) is 9.47 Å². The molecule has 7 nitrogen and oxygen atoms in total. The molecule has 3 aromatic rings. The van der Waals surface area contributed by atoms with E-state index >= 15 is 0 Å². The second kappa shape index (κ2) is 8.26. The summed E-state index contributed by atoms with van der Waals surface area (Å²) >= 11 is 0. The quantitative estimate of drug-likeness (QED) is 0.695. The van der Waals surface area contributed by atoms with Gasteiger partial charge in [-0.05, 0) is 31.5 Å². The van der Waals surface area contributed by atoms with E-state index in [1.54, 1.807) is 18.2 Å². The third-order valence-corrected chi connectivity index (χ3v) is 4.93. The van der Waals surface area contributed by atoms with Gasteiger partial charge in [0.05, 0.1) is 12.2 Å². The summed E-state index contributed by atoms with van der Waals surface area (Å²) in [5.74, 6) is 1.34. The molecule has 0 radical (unpaired) electrons. The van der Waals surface area contributed by atoms with Crippen LogP contribution in [-0.2, 0) is 13.1 Å². The number of urea groups is 1. The van der Waals surface area contributed by atoms with Crippen LogP contribution >= 0.6 is 0 Å². The third kappa shape index (κ3) is 4.34. The van der Waals surface area contributed by atoms with Crippen molar-refractivity contribution >= 4 is 11.7 Å². The Labute approximate surface area is 169 Å². The number of anilines is 1. The van der Waals surface area contributed by atoms with E-state index in [1.807, 2.05) is 36.7 Å². The zero-order valence-electron chi connectivity index (χ0n) is 16.6. The Morgan fingerprint density at radius 2 is 1.83 bits per heavy atom. The number of hydrogen-bond donors (Lipinski definition) is 2. The summed E-state index contributed by atoms with van der Waals surface area (Å²) in [4.78, 5) is 12.4. The zero-order chi connectivity index (χ0) is 20.2. The third-order valence-electron chi connectivity index (χ3n) is 4.93. The number of ether oxygens (including phenoxy) is 2. The Bertz CT molecular complexity index is 1010. The molecule has 0 saturated heterocycles. The van der Waals surface area contributed by atoms with Crippen molar-refractivity contribution in [2.45, 2.75) is 26.9 Å². The normalized spacial score (nSPS) is 12.5. The smallest absolute Gasteiger partial charge is 0.319 e. The Kier molecular flexibility index (Phi) is 5.37. The van der Waals surface area contributed by atoms with Crippen molar-refractivity contribution in [2.75, 3.05) is 18.5 Å². The number of fused-ring (bicyclic) bond motifs is 1. The lowest BCUT2D eigenvalue weighted by molar-refractivity contribution is 0.171. The van der Waals surface area contributed by atoms with Crippen LogP contribution in [-0.4, -0.2) is 29.0 Å². The van der Waals surface area contributed by atoms with Crippen molar-refractivity contribution in [3.05, 3.63) is 71.0 Å². The van der Waals surface area contributed by atoms with Gasteiger partial charge in [-0.2, -0.15) is 5.10 Å². The van der Waals surface area contributed by atoms with Crippen LogP contribution in [0.3, 0.4) is 0 Å². The number of rotatable bonds is 5. The van der Waals surface area contributed by atoms with E-state index < -0.39 is 0 Å². The highest BCUT2D eigenvalue weighted by Crippen LogP contribution is 2.32. The van der Waals surface area contributed by atoms with Gasteiger partial charge in [-0.1, -0.05) is 30.3 Å². The standard InChI is InChI=1S/C22H24N4O3/c1-15-19(16(2)26(25-15)14-17-6-4-3-5-7-17)13-23-22(27)24-18-8-9-20-21(12-18)29-11-10-28-20/h3-9,12H,10-11,13-14H2,1-2H3,(H2,23,24,27). The summed E-state index contributed by atoms with van der Waals surface area (Å²) in [6.45, 7) is 6.15. The number of amides is 2. The molecule has 0 aliphatic carbocycles. The van der Waals surface area contributed by atoms with E-state index in [2.05, 4.69) is 27.9 Å². The SMILES string of the molecule is Cc1nn(Cc2ccccc2)c(C)c1CNC(=O)Nc1ccc2c(c1)OCCO2. The molecule has 0 fully saturated rings. The van der Waals surface area contributed by atoms with E-state index in [-0.39, 0.29) is 6.03 Å².